The fourth-order valence-electron chi connectivity index (χ4n) is 2.70. The molecule has 1 amide bonds. The van der Waals surface area contributed by atoms with E-state index < -0.39 is 0 Å². The van der Waals surface area contributed by atoms with E-state index in [0.717, 1.165) is 45.4 Å². The molecule has 1 saturated heterocycles. The number of nitrogens with zero attached hydrogens (tertiary/aromatic N) is 2. The van der Waals surface area contributed by atoms with Gasteiger partial charge in [-0.05, 0) is 44.4 Å². The number of para-hydroxylation sites is 1. The van der Waals surface area contributed by atoms with Crippen molar-refractivity contribution in [1.82, 2.24) is 10.2 Å². The first-order valence-corrected chi connectivity index (χ1v) is 8.02. The predicted octanol–water partition coefficient (Wildman–Crippen LogP) is 2.11. The number of anilines is 1. The SMILES string of the molecule is CN(CCCNCC(=O)N1CCCCC1)c1ccccc1. The van der Waals surface area contributed by atoms with Crippen molar-refractivity contribution in [2.24, 2.45) is 0 Å². The second-order valence-electron chi connectivity index (χ2n) is 5.73. The molecular formula is C17H27N3O. The van der Waals surface area contributed by atoms with Crippen molar-refractivity contribution in [2.45, 2.75) is 25.7 Å². The molecule has 1 heterocycles. The van der Waals surface area contributed by atoms with Crippen molar-refractivity contribution in [3.8, 4) is 0 Å². The van der Waals surface area contributed by atoms with Crippen LogP contribution in [0.15, 0.2) is 30.3 Å². The third-order valence-electron chi connectivity index (χ3n) is 4.03. The second kappa shape index (κ2) is 8.67. The summed E-state index contributed by atoms with van der Waals surface area (Å²) in [5.41, 5.74) is 1.24. The Morgan fingerprint density at radius 3 is 2.62 bits per heavy atom. The first kappa shape index (κ1) is 15.8. The summed E-state index contributed by atoms with van der Waals surface area (Å²) in [4.78, 5) is 16.2. The van der Waals surface area contributed by atoms with E-state index in [9.17, 15) is 4.79 Å². The molecule has 0 saturated carbocycles. The molecule has 4 nitrogen and oxygen atoms in total. The maximum absolute atomic E-state index is 12.0. The Labute approximate surface area is 128 Å². The fraction of sp³-hybridized carbons (Fsp3) is 0.588. The Balaban J connectivity index is 1.56. The average molecular weight is 289 g/mol. The molecule has 116 valence electrons. The lowest BCUT2D eigenvalue weighted by Gasteiger charge is -2.26. The van der Waals surface area contributed by atoms with Crippen molar-refractivity contribution in [3.63, 3.8) is 0 Å². The Bertz CT molecular complexity index is 415. The van der Waals surface area contributed by atoms with Gasteiger partial charge in [0, 0.05) is 32.4 Å². The van der Waals surface area contributed by atoms with E-state index in [1.54, 1.807) is 0 Å². The van der Waals surface area contributed by atoms with Gasteiger partial charge >= 0.3 is 0 Å². The maximum atomic E-state index is 12.0. The summed E-state index contributed by atoms with van der Waals surface area (Å²) >= 11 is 0. The van der Waals surface area contributed by atoms with E-state index in [0.29, 0.717) is 6.54 Å². The molecule has 0 bridgehead atoms. The highest BCUT2D eigenvalue weighted by Crippen LogP contribution is 2.11. The van der Waals surface area contributed by atoms with Crippen molar-refractivity contribution in [3.05, 3.63) is 30.3 Å². The van der Waals surface area contributed by atoms with Crippen LogP contribution in [0.5, 0.6) is 0 Å². The smallest absolute Gasteiger partial charge is 0.236 e. The van der Waals surface area contributed by atoms with Crippen LogP contribution in [0.1, 0.15) is 25.7 Å². The fourth-order valence-corrected chi connectivity index (χ4v) is 2.70. The summed E-state index contributed by atoms with van der Waals surface area (Å²) in [5.74, 6) is 0.256. The first-order chi connectivity index (χ1) is 10.3. The minimum atomic E-state index is 0.256. The summed E-state index contributed by atoms with van der Waals surface area (Å²) < 4.78 is 0. The van der Waals surface area contributed by atoms with Gasteiger partial charge in [-0.2, -0.15) is 0 Å². The summed E-state index contributed by atoms with van der Waals surface area (Å²) in [7, 11) is 2.11. The van der Waals surface area contributed by atoms with Crippen LogP contribution in [0.2, 0.25) is 0 Å². The molecule has 0 aromatic heterocycles. The van der Waals surface area contributed by atoms with Crippen LogP contribution in [0, 0.1) is 0 Å². The molecular weight excluding hydrogens is 262 g/mol. The molecule has 1 aliphatic heterocycles. The normalized spacial score (nSPS) is 15.0. The number of likely N-dealkylation sites (tertiary alicyclic amines) is 1. The summed E-state index contributed by atoms with van der Waals surface area (Å²) in [5, 5.41) is 3.27. The van der Waals surface area contributed by atoms with E-state index in [-0.39, 0.29) is 5.91 Å². The van der Waals surface area contributed by atoms with Crippen LogP contribution in [-0.2, 0) is 4.79 Å². The molecule has 0 unspecified atom stereocenters. The number of carbonyl (C=O) groups is 1. The lowest BCUT2D eigenvalue weighted by Crippen LogP contribution is -2.41. The molecule has 0 aliphatic carbocycles. The zero-order valence-electron chi connectivity index (χ0n) is 13.1. The van der Waals surface area contributed by atoms with E-state index in [4.69, 9.17) is 0 Å². The number of amides is 1. The first-order valence-electron chi connectivity index (χ1n) is 8.02. The molecule has 2 rings (SSSR count). The monoisotopic (exact) mass is 289 g/mol. The summed E-state index contributed by atoms with van der Waals surface area (Å²) in [6, 6.07) is 10.4. The zero-order chi connectivity index (χ0) is 14.9. The Kier molecular flexibility index (Phi) is 6.54. The molecule has 0 atom stereocenters. The highest BCUT2D eigenvalue weighted by molar-refractivity contribution is 5.78. The number of benzene rings is 1. The van der Waals surface area contributed by atoms with Crippen LogP contribution in [0.25, 0.3) is 0 Å². The largest absolute Gasteiger partial charge is 0.375 e. The average Bonchev–Trinajstić information content (AvgIpc) is 2.55. The van der Waals surface area contributed by atoms with Crippen LogP contribution >= 0.6 is 0 Å². The number of nitrogens with one attached hydrogen (secondary N) is 1. The van der Waals surface area contributed by atoms with Gasteiger partial charge in [0.05, 0.1) is 6.54 Å². The van der Waals surface area contributed by atoms with E-state index in [1.165, 1.54) is 12.1 Å². The second-order valence-corrected chi connectivity index (χ2v) is 5.73. The van der Waals surface area contributed by atoms with Gasteiger partial charge in [-0.3, -0.25) is 4.79 Å². The van der Waals surface area contributed by atoms with Gasteiger partial charge in [-0.25, -0.2) is 0 Å². The number of hydrogen-bond donors (Lipinski definition) is 1. The molecule has 0 radical (unpaired) electrons. The molecule has 1 aliphatic rings. The Morgan fingerprint density at radius 2 is 1.90 bits per heavy atom. The number of rotatable bonds is 7. The zero-order valence-corrected chi connectivity index (χ0v) is 13.1. The van der Waals surface area contributed by atoms with Crippen LogP contribution < -0.4 is 10.2 Å². The standard InChI is InChI=1S/C17H27N3O/c1-19(16-9-4-2-5-10-16)12-8-11-18-15-17(21)20-13-6-3-7-14-20/h2,4-5,9-10,18H,3,6-8,11-15H2,1H3. The third kappa shape index (κ3) is 5.38. The van der Waals surface area contributed by atoms with Gasteiger partial charge in [-0.15, -0.1) is 0 Å². The summed E-state index contributed by atoms with van der Waals surface area (Å²) in [6.45, 7) is 4.25. The van der Waals surface area contributed by atoms with Crippen LogP contribution in [-0.4, -0.2) is 50.6 Å². The molecule has 21 heavy (non-hydrogen) atoms. The molecule has 1 aromatic carbocycles. The third-order valence-corrected chi connectivity index (χ3v) is 4.03. The van der Waals surface area contributed by atoms with Crippen molar-refractivity contribution in [2.75, 3.05) is 44.7 Å². The van der Waals surface area contributed by atoms with Gasteiger partial charge in [0.2, 0.25) is 5.91 Å². The van der Waals surface area contributed by atoms with Crippen molar-refractivity contribution in [1.29, 1.82) is 0 Å². The number of piperidine rings is 1. The summed E-state index contributed by atoms with van der Waals surface area (Å²) in [6.07, 6.45) is 4.63. The molecule has 4 heteroatoms. The van der Waals surface area contributed by atoms with Crippen LogP contribution in [0.4, 0.5) is 5.69 Å². The van der Waals surface area contributed by atoms with E-state index >= 15 is 0 Å². The van der Waals surface area contributed by atoms with Gasteiger partial charge in [-0.1, -0.05) is 18.2 Å². The molecule has 0 spiro atoms. The minimum absolute atomic E-state index is 0.256. The topological polar surface area (TPSA) is 35.6 Å². The highest BCUT2D eigenvalue weighted by Gasteiger charge is 2.15. The van der Waals surface area contributed by atoms with Gasteiger partial charge < -0.3 is 15.1 Å². The van der Waals surface area contributed by atoms with Gasteiger partial charge in [0.25, 0.3) is 0 Å². The van der Waals surface area contributed by atoms with Crippen molar-refractivity contribution < 1.29 is 4.79 Å². The van der Waals surface area contributed by atoms with E-state index in [1.807, 2.05) is 11.0 Å². The van der Waals surface area contributed by atoms with Gasteiger partial charge in [0.15, 0.2) is 0 Å². The number of carbonyl (C=O) groups excluding carboxylic acids is 1. The quantitative estimate of drug-likeness (QED) is 0.781. The van der Waals surface area contributed by atoms with Gasteiger partial charge in [0.1, 0.15) is 0 Å². The van der Waals surface area contributed by atoms with E-state index in [2.05, 4.69) is 41.5 Å². The molecule has 1 fully saturated rings. The highest BCUT2D eigenvalue weighted by atomic mass is 16.2. The van der Waals surface area contributed by atoms with Crippen LogP contribution in [0.3, 0.4) is 0 Å². The lowest BCUT2D eigenvalue weighted by atomic mass is 10.1. The predicted molar refractivity (Wildman–Crippen MR) is 87.6 cm³/mol. The molecule has 1 aromatic rings. The molecule has 1 N–H and O–H groups in total. The number of hydrogen-bond acceptors (Lipinski definition) is 3. The van der Waals surface area contributed by atoms with Crippen molar-refractivity contribution >= 4 is 11.6 Å². The lowest BCUT2D eigenvalue weighted by molar-refractivity contribution is -0.131. The minimum Gasteiger partial charge on any atom is -0.375 e. The Morgan fingerprint density at radius 1 is 1.19 bits per heavy atom. The Hall–Kier alpha value is -1.55. The maximum Gasteiger partial charge on any atom is 0.236 e.